The summed E-state index contributed by atoms with van der Waals surface area (Å²) in [6.07, 6.45) is 0. The molecule has 21 heavy (non-hydrogen) atoms. The molecule has 3 amide bonds. The average Bonchev–Trinajstić information content (AvgIpc) is 2.95. The lowest BCUT2D eigenvalue weighted by Gasteiger charge is -2.14. The highest BCUT2D eigenvalue weighted by molar-refractivity contribution is 7.99. The molecular formula is C14H22N4O2S. The van der Waals surface area contributed by atoms with Crippen molar-refractivity contribution < 1.29 is 9.59 Å². The van der Waals surface area contributed by atoms with Gasteiger partial charge in [-0.05, 0) is 19.8 Å². The second-order valence-corrected chi connectivity index (χ2v) is 6.58. The zero-order valence-corrected chi connectivity index (χ0v) is 13.8. The minimum Gasteiger partial charge on any atom is -0.336 e. The van der Waals surface area contributed by atoms with Gasteiger partial charge >= 0.3 is 6.03 Å². The van der Waals surface area contributed by atoms with E-state index in [2.05, 4.69) is 28.7 Å². The molecule has 1 saturated heterocycles. The first-order valence-electron chi connectivity index (χ1n) is 7.15. The van der Waals surface area contributed by atoms with Crippen molar-refractivity contribution in [2.75, 3.05) is 18.8 Å². The minimum absolute atomic E-state index is 0.163. The normalized spacial score (nSPS) is 14.9. The van der Waals surface area contributed by atoms with Crippen LogP contribution in [0.4, 0.5) is 4.79 Å². The minimum atomic E-state index is -0.293. The quantitative estimate of drug-likeness (QED) is 0.842. The molecule has 1 N–H and O–H groups in total. The Bertz CT molecular complexity index is 553. The molecule has 1 aliphatic rings. The van der Waals surface area contributed by atoms with Gasteiger partial charge in [-0.1, -0.05) is 25.6 Å². The molecule has 0 unspecified atom stereocenters. The smallest absolute Gasteiger partial charge is 0.324 e. The van der Waals surface area contributed by atoms with Crippen LogP contribution in [0.5, 0.6) is 0 Å². The van der Waals surface area contributed by atoms with Crippen LogP contribution in [0, 0.1) is 19.8 Å². The van der Waals surface area contributed by atoms with Gasteiger partial charge in [0, 0.05) is 25.3 Å². The summed E-state index contributed by atoms with van der Waals surface area (Å²) in [7, 11) is 0. The van der Waals surface area contributed by atoms with Gasteiger partial charge in [0.25, 0.3) is 0 Å². The summed E-state index contributed by atoms with van der Waals surface area (Å²) in [5, 5.41) is 3.49. The van der Waals surface area contributed by atoms with Crippen LogP contribution in [0.2, 0.25) is 0 Å². The number of rotatable bonds is 5. The van der Waals surface area contributed by atoms with Crippen molar-refractivity contribution in [1.29, 1.82) is 0 Å². The number of amides is 3. The highest BCUT2D eigenvalue weighted by Crippen LogP contribution is 2.23. The number of aromatic nitrogens is 2. The van der Waals surface area contributed by atoms with Gasteiger partial charge < -0.3 is 9.88 Å². The molecule has 1 aliphatic heterocycles. The summed E-state index contributed by atoms with van der Waals surface area (Å²) < 4.78 is 2.15. The molecule has 7 heteroatoms. The van der Waals surface area contributed by atoms with E-state index in [-0.39, 0.29) is 17.7 Å². The number of carbonyl (C=O) groups is 2. The van der Waals surface area contributed by atoms with Gasteiger partial charge in [-0.15, -0.1) is 0 Å². The molecular weight excluding hydrogens is 288 g/mol. The predicted molar refractivity (Wildman–Crippen MR) is 82.4 cm³/mol. The van der Waals surface area contributed by atoms with Crippen molar-refractivity contribution in [3.05, 3.63) is 11.4 Å². The van der Waals surface area contributed by atoms with E-state index in [0.29, 0.717) is 19.0 Å². The van der Waals surface area contributed by atoms with Crippen molar-refractivity contribution in [2.45, 2.75) is 39.4 Å². The van der Waals surface area contributed by atoms with Crippen molar-refractivity contribution in [3.63, 3.8) is 0 Å². The maximum Gasteiger partial charge on any atom is 0.324 e. The lowest BCUT2D eigenvalue weighted by Crippen LogP contribution is -2.35. The SMILES string of the molecule is Cc1nc(SCC(=O)N2CCNC2=O)n(CC(C)C)c1C. The number of thioether (sulfide) groups is 1. The van der Waals surface area contributed by atoms with Crippen molar-refractivity contribution in [2.24, 2.45) is 5.92 Å². The largest absolute Gasteiger partial charge is 0.336 e. The molecule has 0 radical (unpaired) electrons. The third kappa shape index (κ3) is 3.58. The first kappa shape index (κ1) is 15.9. The summed E-state index contributed by atoms with van der Waals surface area (Å²) in [6, 6.07) is -0.293. The summed E-state index contributed by atoms with van der Waals surface area (Å²) >= 11 is 1.40. The molecule has 0 bridgehead atoms. The number of aryl methyl sites for hydroxylation is 1. The van der Waals surface area contributed by atoms with E-state index in [1.165, 1.54) is 16.7 Å². The predicted octanol–water partition coefficient (Wildman–Crippen LogP) is 1.80. The van der Waals surface area contributed by atoms with Crippen LogP contribution >= 0.6 is 11.8 Å². The lowest BCUT2D eigenvalue weighted by molar-refractivity contribution is -0.124. The summed E-state index contributed by atoms with van der Waals surface area (Å²) in [4.78, 5) is 29.3. The Morgan fingerprint density at radius 3 is 2.71 bits per heavy atom. The number of carbonyl (C=O) groups excluding carboxylic acids is 2. The number of imide groups is 1. The zero-order chi connectivity index (χ0) is 15.6. The van der Waals surface area contributed by atoms with Gasteiger partial charge in [-0.2, -0.15) is 0 Å². The zero-order valence-electron chi connectivity index (χ0n) is 13.0. The molecule has 116 valence electrons. The Kier molecular flexibility index (Phi) is 4.92. The van der Waals surface area contributed by atoms with E-state index in [1.54, 1.807) is 0 Å². The number of hydrogen-bond donors (Lipinski definition) is 1. The molecule has 1 aromatic heterocycles. The Hall–Kier alpha value is -1.50. The molecule has 1 fully saturated rings. The first-order valence-corrected chi connectivity index (χ1v) is 8.13. The van der Waals surface area contributed by atoms with Crippen LogP contribution in [0.3, 0.4) is 0 Å². The Labute approximate surface area is 129 Å². The van der Waals surface area contributed by atoms with Crippen LogP contribution < -0.4 is 5.32 Å². The van der Waals surface area contributed by atoms with Gasteiger partial charge in [-0.3, -0.25) is 9.69 Å². The fraction of sp³-hybridized carbons (Fsp3) is 0.643. The Balaban J connectivity index is 2.04. The van der Waals surface area contributed by atoms with E-state index in [4.69, 9.17) is 0 Å². The van der Waals surface area contributed by atoms with Crippen molar-refractivity contribution in [3.8, 4) is 0 Å². The van der Waals surface area contributed by atoms with Gasteiger partial charge in [0.1, 0.15) is 0 Å². The summed E-state index contributed by atoms with van der Waals surface area (Å²) in [5.41, 5.74) is 2.13. The first-order chi connectivity index (χ1) is 9.90. The fourth-order valence-electron chi connectivity index (χ4n) is 2.23. The van der Waals surface area contributed by atoms with Crippen LogP contribution in [0.15, 0.2) is 5.16 Å². The van der Waals surface area contributed by atoms with E-state index < -0.39 is 0 Å². The Morgan fingerprint density at radius 2 is 2.14 bits per heavy atom. The van der Waals surface area contributed by atoms with Gasteiger partial charge in [0.2, 0.25) is 5.91 Å². The summed E-state index contributed by atoms with van der Waals surface area (Å²) in [5.74, 6) is 0.586. The van der Waals surface area contributed by atoms with E-state index in [0.717, 1.165) is 23.1 Å². The van der Waals surface area contributed by atoms with Crippen molar-refractivity contribution >= 4 is 23.7 Å². The van der Waals surface area contributed by atoms with Gasteiger partial charge in [0.05, 0.1) is 11.4 Å². The van der Waals surface area contributed by atoms with Crippen LogP contribution in [-0.4, -0.2) is 45.2 Å². The fourth-order valence-corrected chi connectivity index (χ4v) is 3.20. The number of nitrogens with zero attached hydrogens (tertiary/aromatic N) is 3. The Morgan fingerprint density at radius 1 is 1.43 bits per heavy atom. The number of imidazole rings is 1. The molecule has 6 nitrogen and oxygen atoms in total. The standard InChI is InChI=1S/C14H22N4O2S/c1-9(2)7-18-11(4)10(3)16-14(18)21-8-12(19)17-6-5-15-13(17)20/h9H,5-8H2,1-4H3,(H,15,20). The van der Waals surface area contributed by atoms with E-state index in [1.807, 2.05) is 13.8 Å². The average molecular weight is 310 g/mol. The second kappa shape index (κ2) is 6.51. The van der Waals surface area contributed by atoms with E-state index in [9.17, 15) is 9.59 Å². The molecule has 0 saturated carbocycles. The van der Waals surface area contributed by atoms with Gasteiger partial charge in [-0.25, -0.2) is 9.78 Å². The number of urea groups is 1. The summed E-state index contributed by atoms with van der Waals surface area (Å²) in [6.45, 7) is 10.2. The van der Waals surface area contributed by atoms with Crippen molar-refractivity contribution in [1.82, 2.24) is 19.8 Å². The molecule has 2 heterocycles. The highest BCUT2D eigenvalue weighted by Gasteiger charge is 2.26. The molecule has 0 atom stereocenters. The molecule has 1 aromatic rings. The molecule has 0 aromatic carbocycles. The van der Waals surface area contributed by atoms with Crippen LogP contribution in [-0.2, 0) is 11.3 Å². The number of nitrogens with one attached hydrogen (secondary N) is 1. The van der Waals surface area contributed by atoms with E-state index >= 15 is 0 Å². The third-order valence-corrected chi connectivity index (χ3v) is 4.41. The molecule has 0 spiro atoms. The van der Waals surface area contributed by atoms with Crippen LogP contribution in [0.1, 0.15) is 25.2 Å². The molecule has 2 rings (SSSR count). The topological polar surface area (TPSA) is 67.2 Å². The molecule has 0 aliphatic carbocycles. The maximum atomic E-state index is 12.1. The monoisotopic (exact) mass is 310 g/mol. The van der Waals surface area contributed by atoms with Gasteiger partial charge in [0.15, 0.2) is 5.16 Å². The second-order valence-electron chi connectivity index (χ2n) is 5.64. The number of hydrogen-bond acceptors (Lipinski definition) is 4. The van der Waals surface area contributed by atoms with Crippen LogP contribution in [0.25, 0.3) is 0 Å². The maximum absolute atomic E-state index is 12.1. The lowest BCUT2D eigenvalue weighted by atomic mass is 10.2. The third-order valence-electron chi connectivity index (χ3n) is 3.45. The highest BCUT2D eigenvalue weighted by atomic mass is 32.2.